The SMILES string of the molecule is CCN(C(=O)OC(C)(C)C)C(C(N)=S)c1cccnc1. The molecule has 0 saturated heterocycles. The number of amides is 1. The molecule has 0 fully saturated rings. The van der Waals surface area contributed by atoms with Crippen LogP contribution >= 0.6 is 12.2 Å². The molecule has 0 saturated carbocycles. The van der Waals surface area contributed by atoms with Crippen molar-refractivity contribution in [3.05, 3.63) is 30.1 Å². The highest BCUT2D eigenvalue weighted by Crippen LogP contribution is 2.23. The van der Waals surface area contributed by atoms with E-state index in [0.29, 0.717) is 6.54 Å². The molecule has 5 nitrogen and oxygen atoms in total. The van der Waals surface area contributed by atoms with Crippen molar-refractivity contribution >= 4 is 23.3 Å². The van der Waals surface area contributed by atoms with E-state index >= 15 is 0 Å². The smallest absolute Gasteiger partial charge is 0.411 e. The second kappa shape index (κ2) is 6.65. The van der Waals surface area contributed by atoms with E-state index in [9.17, 15) is 4.79 Å². The van der Waals surface area contributed by atoms with Crippen molar-refractivity contribution in [1.29, 1.82) is 0 Å². The molecule has 1 heterocycles. The maximum atomic E-state index is 12.3. The Hall–Kier alpha value is -1.69. The van der Waals surface area contributed by atoms with Crippen molar-refractivity contribution < 1.29 is 9.53 Å². The van der Waals surface area contributed by atoms with E-state index in [-0.39, 0.29) is 4.99 Å². The fourth-order valence-electron chi connectivity index (χ4n) is 1.77. The monoisotopic (exact) mass is 295 g/mol. The molecule has 1 unspecified atom stereocenters. The second-order valence-corrected chi connectivity index (χ2v) is 5.83. The third-order valence-corrected chi connectivity index (χ3v) is 2.77. The molecule has 0 spiro atoms. The van der Waals surface area contributed by atoms with Crippen molar-refractivity contribution in [2.75, 3.05) is 6.54 Å². The molecular formula is C14H21N3O2S. The molecule has 1 aromatic rings. The average molecular weight is 295 g/mol. The van der Waals surface area contributed by atoms with Gasteiger partial charge in [0.15, 0.2) is 0 Å². The van der Waals surface area contributed by atoms with Gasteiger partial charge < -0.3 is 10.5 Å². The summed E-state index contributed by atoms with van der Waals surface area (Å²) in [5.74, 6) is 0. The lowest BCUT2D eigenvalue weighted by molar-refractivity contribution is 0.0223. The number of carbonyl (C=O) groups excluding carboxylic acids is 1. The molecule has 0 radical (unpaired) electrons. The van der Waals surface area contributed by atoms with Crippen LogP contribution in [0.1, 0.15) is 39.3 Å². The van der Waals surface area contributed by atoms with Crippen LogP contribution in [0.2, 0.25) is 0 Å². The molecule has 0 aromatic carbocycles. The Kier molecular flexibility index (Phi) is 5.44. The normalized spacial score (nSPS) is 12.6. The number of aromatic nitrogens is 1. The third-order valence-electron chi connectivity index (χ3n) is 2.55. The quantitative estimate of drug-likeness (QED) is 0.865. The lowest BCUT2D eigenvalue weighted by atomic mass is 10.1. The van der Waals surface area contributed by atoms with Crippen molar-refractivity contribution in [2.45, 2.75) is 39.3 Å². The highest BCUT2D eigenvalue weighted by atomic mass is 32.1. The van der Waals surface area contributed by atoms with Gasteiger partial charge in [-0.1, -0.05) is 18.3 Å². The van der Waals surface area contributed by atoms with E-state index in [2.05, 4.69) is 4.98 Å². The number of ether oxygens (including phenoxy) is 1. The Morgan fingerprint density at radius 3 is 2.60 bits per heavy atom. The zero-order chi connectivity index (χ0) is 15.3. The first-order valence-corrected chi connectivity index (χ1v) is 6.86. The standard InChI is InChI=1S/C14H21N3O2S/c1-5-17(13(18)19-14(2,3)4)11(12(15)20)10-7-6-8-16-9-10/h6-9,11H,5H2,1-4H3,(H2,15,20). The number of rotatable bonds is 4. The molecule has 6 heteroatoms. The molecular weight excluding hydrogens is 274 g/mol. The minimum atomic E-state index is -0.569. The molecule has 0 aliphatic rings. The first-order valence-electron chi connectivity index (χ1n) is 6.45. The Morgan fingerprint density at radius 2 is 2.20 bits per heavy atom. The van der Waals surface area contributed by atoms with Crippen molar-refractivity contribution in [1.82, 2.24) is 9.88 Å². The lowest BCUT2D eigenvalue weighted by Gasteiger charge is -2.32. The highest BCUT2D eigenvalue weighted by Gasteiger charge is 2.30. The second-order valence-electron chi connectivity index (χ2n) is 5.36. The Bertz CT molecular complexity index is 471. The Morgan fingerprint density at radius 1 is 1.55 bits per heavy atom. The number of thiocarbonyl (C=S) groups is 1. The van der Waals surface area contributed by atoms with Crippen molar-refractivity contribution in [2.24, 2.45) is 5.73 Å². The summed E-state index contributed by atoms with van der Waals surface area (Å²) in [6, 6.07) is 3.10. The molecule has 1 atom stereocenters. The molecule has 1 amide bonds. The summed E-state index contributed by atoms with van der Waals surface area (Å²) in [6.45, 7) is 7.74. The van der Waals surface area contributed by atoms with Crippen molar-refractivity contribution in [3.63, 3.8) is 0 Å². The minimum absolute atomic E-state index is 0.214. The van der Waals surface area contributed by atoms with Gasteiger partial charge in [-0.25, -0.2) is 4.79 Å². The summed E-state index contributed by atoms with van der Waals surface area (Å²) >= 11 is 5.10. The fourth-order valence-corrected chi connectivity index (χ4v) is 2.04. The van der Waals surface area contributed by atoms with Gasteiger partial charge in [-0.3, -0.25) is 9.88 Å². The van der Waals surface area contributed by atoms with Crippen LogP contribution in [0, 0.1) is 0 Å². The average Bonchev–Trinajstić information content (AvgIpc) is 2.33. The van der Waals surface area contributed by atoms with Crippen molar-refractivity contribution in [3.8, 4) is 0 Å². The predicted molar refractivity (Wildman–Crippen MR) is 82.4 cm³/mol. The molecule has 1 aromatic heterocycles. The summed E-state index contributed by atoms with van der Waals surface area (Å²) in [4.78, 5) is 18.0. The van der Waals surface area contributed by atoms with Gasteiger partial charge >= 0.3 is 6.09 Å². The van der Waals surface area contributed by atoms with E-state index in [4.69, 9.17) is 22.7 Å². The molecule has 0 bridgehead atoms. The molecule has 1 rings (SSSR count). The van der Waals surface area contributed by atoms with Crippen LogP contribution in [-0.4, -0.2) is 33.1 Å². The maximum Gasteiger partial charge on any atom is 0.411 e. The van der Waals surface area contributed by atoms with Crippen LogP contribution in [0.25, 0.3) is 0 Å². The van der Waals surface area contributed by atoms with E-state index in [1.165, 1.54) is 4.90 Å². The highest BCUT2D eigenvalue weighted by molar-refractivity contribution is 7.80. The summed E-state index contributed by atoms with van der Waals surface area (Å²) < 4.78 is 5.39. The Balaban J connectivity index is 3.05. The van der Waals surface area contributed by atoms with E-state index in [1.807, 2.05) is 33.8 Å². The minimum Gasteiger partial charge on any atom is -0.444 e. The van der Waals surface area contributed by atoms with E-state index in [0.717, 1.165) is 5.56 Å². The summed E-state index contributed by atoms with van der Waals surface area (Å²) in [7, 11) is 0. The van der Waals surface area contributed by atoms with Crippen LogP contribution < -0.4 is 5.73 Å². The van der Waals surface area contributed by atoms with Gasteiger partial charge in [-0.05, 0) is 39.3 Å². The number of nitrogens with two attached hydrogens (primary N) is 1. The number of nitrogens with zero attached hydrogens (tertiary/aromatic N) is 2. The van der Waals surface area contributed by atoms with Crippen LogP contribution in [-0.2, 0) is 4.74 Å². The van der Waals surface area contributed by atoms with Crippen LogP contribution in [0.3, 0.4) is 0 Å². The summed E-state index contributed by atoms with van der Waals surface area (Å²) in [5, 5.41) is 0. The van der Waals surface area contributed by atoms with E-state index < -0.39 is 17.7 Å². The number of hydrogen-bond donors (Lipinski definition) is 1. The predicted octanol–water partition coefficient (Wildman–Crippen LogP) is 2.67. The van der Waals surface area contributed by atoms with Gasteiger partial charge in [0, 0.05) is 18.9 Å². The zero-order valence-electron chi connectivity index (χ0n) is 12.3. The lowest BCUT2D eigenvalue weighted by Crippen LogP contribution is -2.43. The molecule has 0 aliphatic heterocycles. The van der Waals surface area contributed by atoms with Crippen LogP contribution in [0.5, 0.6) is 0 Å². The van der Waals surface area contributed by atoms with Crippen LogP contribution in [0.15, 0.2) is 24.5 Å². The van der Waals surface area contributed by atoms with Gasteiger partial charge in [-0.2, -0.15) is 0 Å². The summed E-state index contributed by atoms with van der Waals surface area (Å²) in [5.41, 5.74) is 6.00. The Labute approximate surface area is 125 Å². The molecule has 2 N–H and O–H groups in total. The number of hydrogen-bond acceptors (Lipinski definition) is 4. The van der Waals surface area contributed by atoms with Gasteiger partial charge in [0.2, 0.25) is 0 Å². The number of carbonyl (C=O) groups is 1. The van der Waals surface area contributed by atoms with E-state index in [1.54, 1.807) is 18.5 Å². The van der Waals surface area contributed by atoms with Gasteiger partial charge in [-0.15, -0.1) is 0 Å². The zero-order valence-corrected chi connectivity index (χ0v) is 13.1. The summed E-state index contributed by atoms with van der Waals surface area (Å²) in [6.07, 6.45) is 2.86. The molecule has 20 heavy (non-hydrogen) atoms. The first kappa shape index (κ1) is 16.4. The first-order chi connectivity index (χ1) is 9.26. The largest absolute Gasteiger partial charge is 0.444 e. The fraction of sp³-hybridized carbons (Fsp3) is 0.500. The number of pyridine rings is 1. The third kappa shape index (κ3) is 4.45. The van der Waals surface area contributed by atoms with Gasteiger partial charge in [0.1, 0.15) is 16.6 Å². The maximum absolute atomic E-state index is 12.3. The molecule has 0 aliphatic carbocycles. The topological polar surface area (TPSA) is 68.5 Å². The molecule has 110 valence electrons. The van der Waals surface area contributed by atoms with Gasteiger partial charge in [0.05, 0.1) is 0 Å². The van der Waals surface area contributed by atoms with Crippen LogP contribution in [0.4, 0.5) is 4.79 Å². The van der Waals surface area contributed by atoms with Gasteiger partial charge in [0.25, 0.3) is 0 Å². The number of likely N-dealkylation sites (N-methyl/N-ethyl adjacent to an activating group) is 1.